The van der Waals surface area contributed by atoms with Crippen LogP contribution in [0.5, 0.6) is 5.75 Å². The minimum Gasteiger partial charge on any atom is -0.507 e. The van der Waals surface area contributed by atoms with Crippen molar-refractivity contribution in [2.45, 2.75) is 59.8 Å². The van der Waals surface area contributed by atoms with Gasteiger partial charge in [-0.3, -0.25) is 9.55 Å². The van der Waals surface area contributed by atoms with Gasteiger partial charge in [-0.1, -0.05) is 126 Å². The molecule has 0 unspecified atom stereocenters. The number of hydrogen-bond acceptors (Lipinski definition) is 3. The first-order valence-corrected chi connectivity index (χ1v) is 19.0. The van der Waals surface area contributed by atoms with Crippen molar-refractivity contribution in [1.29, 1.82) is 0 Å². The summed E-state index contributed by atoms with van der Waals surface area (Å²) in [5, 5.41) is 11.6. The number of imidazole rings is 1. The number of phenols is 1. The molecule has 272 valence electrons. The molecule has 0 bridgehead atoms. The van der Waals surface area contributed by atoms with Crippen LogP contribution < -0.4 is 0 Å². The number of benzene rings is 6. The van der Waals surface area contributed by atoms with Crippen molar-refractivity contribution in [2.75, 3.05) is 0 Å². The van der Waals surface area contributed by atoms with Crippen LogP contribution in [-0.2, 0) is 5.41 Å². The second-order valence-electron chi connectivity index (χ2n) is 15.9. The molecule has 0 fully saturated rings. The summed E-state index contributed by atoms with van der Waals surface area (Å²) < 4.78 is 11.4. The molecular formula is C51H47N3O. The van der Waals surface area contributed by atoms with Crippen LogP contribution in [0.1, 0.15) is 64.1 Å². The molecule has 0 aliphatic carbocycles. The van der Waals surface area contributed by atoms with Crippen LogP contribution in [0, 0.1) is 13.8 Å². The summed E-state index contributed by atoms with van der Waals surface area (Å²) in [7, 11) is 0. The third-order valence-electron chi connectivity index (χ3n) is 10.5. The highest BCUT2D eigenvalue weighted by Crippen LogP contribution is 2.42. The van der Waals surface area contributed by atoms with Gasteiger partial charge in [0.1, 0.15) is 11.6 Å². The predicted molar refractivity (Wildman–Crippen MR) is 230 cm³/mol. The van der Waals surface area contributed by atoms with Crippen molar-refractivity contribution < 1.29 is 6.48 Å². The maximum atomic E-state index is 11.6. The summed E-state index contributed by atoms with van der Waals surface area (Å²) in [5.74, 6) is -0.0416. The SMILES string of the molecule is [2H]C(C)(C)c1cc(-n2c(-c3cc(C)cc(C)c3O)nc3c(-c4cc(-c5cc(-c6ccccc6)ccn5)cc(C(C)(C)C)c4)cccc32)ccc1-c1ccccc1. The van der Waals surface area contributed by atoms with Gasteiger partial charge in [-0.2, -0.15) is 0 Å². The van der Waals surface area contributed by atoms with Gasteiger partial charge in [-0.25, -0.2) is 4.98 Å². The molecule has 4 heteroatoms. The lowest BCUT2D eigenvalue weighted by molar-refractivity contribution is 0.472. The van der Waals surface area contributed by atoms with Crippen LogP contribution >= 0.6 is 0 Å². The van der Waals surface area contributed by atoms with Crippen LogP contribution in [-0.4, -0.2) is 19.6 Å². The van der Waals surface area contributed by atoms with E-state index in [1.165, 1.54) is 5.56 Å². The summed E-state index contributed by atoms with van der Waals surface area (Å²) in [5.41, 5.74) is 15.4. The minimum absolute atomic E-state index is 0.134. The second kappa shape index (κ2) is 14.2. The number of para-hydroxylation sites is 1. The Kier molecular flexibility index (Phi) is 8.90. The number of pyridine rings is 1. The standard InChI is InChI=1S/C51H47N3O/c1-32(2)44-31-41(21-22-42(44)36-17-12-9-13-18-36)54-47-20-14-19-43(48(47)53-50(54)45-26-33(3)25-34(4)49(45)55)38-27-39(29-40(28-38)51(5,6)7)46-30-37(23-24-52-46)35-15-10-8-11-16-35/h8-32,55H,1-7H3/i32D. The molecule has 8 aromatic rings. The first kappa shape index (κ1) is 34.5. The van der Waals surface area contributed by atoms with Gasteiger partial charge in [0.25, 0.3) is 0 Å². The van der Waals surface area contributed by atoms with E-state index in [1.807, 2.05) is 70.3 Å². The maximum absolute atomic E-state index is 11.6. The normalized spacial score (nSPS) is 12.2. The fraction of sp³-hybridized carbons (Fsp3) is 0.176. The highest BCUT2D eigenvalue weighted by atomic mass is 16.3. The number of fused-ring (bicyclic) bond motifs is 1. The zero-order chi connectivity index (χ0) is 39.4. The van der Waals surface area contributed by atoms with Gasteiger partial charge < -0.3 is 5.11 Å². The summed E-state index contributed by atoms with van der Waals surface area (Å²) >= 11 is 0. The van der Waals surface area contributed by atoms with Crippen molar-refractivity contribution >= 4 is 11.0 Å². The van der Waals surface area contributed by atoms with Gasteiger partial charge in [0.2, 0.25) is 0 Å². The monoisotopic (exact) mass is 718 g/mol. The topological polar surface area (TPSA) is 50.9 Å². The van der Waals surface area contributed by atoms with Crippen molar-refractivity contribution in [3.05, 3.63) is 168 Å². The Morgan fingerprint density at radius 3 is 2.05 bits per heavy atom. The van der Waals surface area contributed by atoms with Crippen molar-refractivity contribution in [1.82, 2.24) is 14.5 Å². The van der Waals surface area contributed by atoms with Crippen LogP contribution in [0.3, 0.4) is 0 Å². The Morgan fingerprint density at radius 1 is 0.636 bits per heavy atom. The summed E-state index contributed by atoms with van der Waals surface area (Å²) in [6.45, 7) is 14.6. The fourth-order valence-corrected chi connectivity index (χ4v) is 7.62. The van der Waals surface area contributed by atoms with Crippen LogP contribution in [0.4, 0.5) is 0 Å². The van der Waals surface area contributed by atoms with E-state index < -0.39 is 5.89 Å². The molecule has 0 amide bonds. The number of nitrogens with zero attached hydrogens (tertiary/aromatic N) is 3. The molecule has 0 saturated heterocycles. The summed E-state index contributed by atoms with van der Waals surface area (Å²) in [6.07, 6.45) is 1.89. The largest absolute Gasteiger partial charge is 0.507 e. The van der Waals surface area contributed by atoms with Gasteiger partial charge >= 0.3 is 0 Å². The lowest BCUT2D eigenvalue weighted by atomic mass is 9.83. The molecule has 0 atom stereocenters. The molecule has 0 radical (unpaired) electrons. The van der Waals surface area contributed by atoms with E-state index in [1.54, 1.807) is 0 Å². The van der Waals surface area contributed by atoms with Gasteiger partial charge in [0, 0.05) is 24.4 Å². The Morgan fingerprint density at radius 2 is 1.35 bits per heavy atom. The third kappa shape index (κ3) is 6.85. The van der Waals surface area contributed by atoms with Crippen LogP contribution in [0.25, 0.3) is 72.7 Å². The van der Waals surface area contributed by atoms with E-state index >= 15 is 0 Å². The quantitative estimate of drug-likeness (QED) is 0.178. The van der Waals surface area contributed by atoms with E-state index in [9.17, 15) is 6.48 Å². The van der Waals surface area contributed by atoms with E-state index in [4.69, 9.17) is 9.97 Å². The number of aryl methyl sites for hydroxylation is 2. The molecule has 2 aromatic heterocycles. The van der Waals surface area contributed by atoms with E-state index in [0.29, 0.717) is 11.4 Å². The molecule has 2 heterocycles. The summed E-state index contributed by atoms with van der Waals surface area (Å²) in [6, 6.07) is 48.4. The first-order chi connectivity index (χ1) is 26.8. The molecule has 0 aliphatic rings. The number of hydrogen-bond donors (Lipinski definition) is 1. The van der Waals surface area contributed by atoms with Gasteiger partial charge in [0.15, 0.2) is 0 Å². The average molecular weight is 719 g/mol. The molecular weight excluding hydrogens is 671 g/mol. The lowest BCUT2D eigenvalue weighted by Crippen LogP contribution is -2.11. The lowest BCUT2D eigenvalue weighted by Gasteiger charge is -2.22. The van der Waals surface area contributed by atoms with E-state index in [2.05, 4.69) is 128 Å². The zero-order valence-electron chi connectivity index (χ0n) is 33.6. The van der Waals surface area contributed by atoms with Crippen molar-refractivity contribution in [3.63, 3.8) is 0 Å². The Hall–Kier alpha value is -6.26. The highest BCUT2D eigenvalue weighted by Gasteiger charge is 2.24. The smallest absolute Gasteiger partial charge is 0.149 e. The molecule has 0 saturated carbocycles. The minimum atomic E-state index is -0.888. The number of aromatic nitrogens is 3. The Bertz CT molecular complexity index is 2730. The molecule has 4 nitrogen and oxygen atoms in total. The van der Waals surface area contributed by atoms with Gasteiger partial charge in [-0.15, -0.1) is 0 Å². The maximum Gasteiger partial charge on any atom is 0.149 e. The van der Waals surface area contributed by atoms with Crippen LogP contribution in [0.15, 0.2) is 146 Å². The second-order valence-corrected chi connectivity index (χ2v) is 15.9. The highest BCUT2D eigenvalue weighted by molar-refractivity contribution is 5.97. The van der Waals surface area contributed by atoms with Crippen molar-refractivity contribution in [3.8, 4) is 67.5 Å². The molecule has 0 aliphatic heterocycles. The van der Waals surface area contributed by atoms with Crippen molar-refractivity contribution in [2.24, 2.45) is 0 Å². The van der Waals surface area contributed by atoms with E-state index in [-0.39, 0.29) is 11.2 Å². The zero-order valence-corrected chi connectivity index (χ0v) is 32.6. The first-order valence-electron chi connectivity index (χ1n) is 19.5. The number of phenolic OH excluding ortho intramolecular Hbond substituents is 1. The Labute approximate surface area is 326 Å². The number of aromatic hydroxyl groups is 1. The molecule has 1 N–H and O–H groups in total. The molecule has 55 heavy (non-hydrogen) atoms. The Balaban J connectivity index is 1.39. The van der Waals surface area contributed by atoms with Crippen LogP contribution in [0.2, 0.25) is 0 Å². The van der Waals surface area contributed by atoms with Gasteiger partial charge in [0.05, 0.1) is 22.3 Å². The van der Waals surface area contributed by atoms with E-state index in [0.717, 1.165) is 78.0 Å². The molecule has 6 aromatic carbocycles. The fourth-order valence-electron chi connectivity index (χ4n) is 7.62. The van der Waals surface area contributed by atoms with Gasteiger partial charge in [-0.05, 0) is 124 Å². The average Bonchev–Trinajstić information content (AvgIpc) is 3.58. The molecule has 0 spiro atoms. The molecule has 8 rings (SSSR count). The third-order valence-corrected chi connectivity index (χ3v) is 10.5. The predicted octanol–water partition coefficient (Wildman–Crippen LogP) is 13.5. The number of rotatable bonds is 7. The summed E-state index contributed by atoms with van der Waals surface area (Å²) in [4.78, 5) is 10.3.